The first-order valence-electron chi connectivity index (χ1n) is 22.9. The molecule has 1 unspecified atom stereocenters. The summed E-state index contributed by atoms with van der Waals surface area (Å²) in [4.78, 5) is 5.74. The predicted molar refractivity (Wildman–Crippen MR) is 282 cm³/mol. The third-order valence-electron chi connectivity index (χ3n) is 14.2. The SMILES string of the molecule is CC1(C)c2ccccc2-c2ccc(C3=C=CCC(c4cc5sc6cccc(-c7ccc(-c8cccc9ccccc89)cc7)c6c5c5ccccc45)=NC(c4ccc5ccccc5c4)N3)cc21. The predicted octanol–water partition coefficient (Wildman–Crippen LogP) is 16.8. The minimum absolute atomic E-state index is 0.104. The summed E-state index contributed by atoms with van der Waals surface area (Å²) in [6.45, 7) is 4.68. The van der Waals surface area contributed by atoms with E-state index in [0.717, 1.165) is 28.1 Å². The zero-order valence-corrected chi connectivity index (χ0v) is 37.6. The van der Waals surface area contributed by atoms with Crippen molar-refractivity contribution >= 4 is 75.2 Å². The number of fused-ring (bicyclic) bond motifs is 10. The summed E-state index contributed by atoms with van der Waals surface area (Å²) < 4.78 is 2.55. The van der Waals surface area contributed by atoms with Gasteiger partial charge in [-0.3, -0.25) is 4.99 Å². The van der Waals surface area contributed by atoms with Crippen LogP contribution in [0.4, 0.5) is 0 Å². The number of aliphatic imine (C=N–C) groups is 1. The molecule has 3 heteroatoms. The number of hydrogen-bond donors (Lipinski definition) is 1. The lowest BCUT2D eigenvalue weighted by atomic mass is 9.82. The first-order valence-corrected chi connectivity index (χ1v) is 23.8. The van der Waals surface area contributed by atoms with Crippen LogP contribution in [-0.2, 0) is 5.41 Å². The summed E-state index contributed by atoms with van der Waals surface area (Å²) in [6.07, 6.45) is 2.47. The number of allylic oxidation sites excluding steroid dienone is 1. The normalized spacial score (nSPS) is 15.3. The van der Waals surface area contributed by atoms with Crippen LogP contribution in [0.5, 0.6) is 0 Å². The van der Waals surface area contributed by atoms with Gasteiger partial charge in [-0.05, 0) is 113 Å². The van der Waals surface area contributed by atoms with Crippen molar-refractivity contribution in [2.75, 3.05) is 0 Å². The number of benzene rings is 10. The summed E-state index contributed by atoms with van der Waals surface area (Å²) in [7, 11) is 0. The lowest BCUT2D eigenvalue weighted by Gasteiger charge is -2.24. The highest BCUT2D eigenvalue weighted by molar-refractivity contribution is 7.26. The third-order valence-corrected chi connectivity index (χ3v) is 15.3. The molecule has 0 spiro atoms. The number of hydrogen-bond acceptors (Lipinski definition) is 3. The maximum absolute atomic E-state index is 5.74. The van der Waals surface area contributed by atoms with Gasteiger partial charge in [-0.2, -0.15) is 0 Å². The van der Waals surface area contributed by atoms with Crippen LogP contribution >= 0.6 is 11.3 Å². The van der Waals surface area contributed by atoms with Crippen LogP contribution < -0.4 is 5.32 Å². The monoisotopic (exact) mass is 860 g/mol. The van der Waals surface area contributed by atoms with Gasteiger partial charge in [0.05, 0.1) is 11.4 Å². The van der Waals surface area contributed by atoms with E-state index in [4.69, 9.17) is 4.99 Å². The van der Waals surface area contributed by atoms with Gasteiger partial charge in [-0.25, -0.2) is 0 Å². The molecular weight excluding hydrogens is 817 g/mol. The molecule has 11 aromatic rings. The van der Waals surface area contributed by atoms with Crippen LogP contribution in [0.3, 0.4) is 0 Å². The average molecular weight is 861 g/mol. The van der Waals surface area contributed by atoms with Crippen LogP contribution in [0.1, 0.15) is 54.3 Å². The number of rotatable bonds is 5. The minimum atomic E-state index is -0.348. The van der Waals surface area contributed by atoms with Crippen molar-refractivity contribution in [3.05, 3.63) is 240 Å². The Morgan fingerprint density at radius 2 is 1.14 bits per heavy atom. The van der Waals surface area contributed by atoms with Gasteiger partial charge in [-0.1, -0.05) is 196 Å². The van der Waals surface area contributed by atoms with Crippen molar-refractivity contribution in [3.8, 4) is 33.4 Å². The molecule has 0 fully saturated rings. The van der Waals surface area contributed by atoms with Gasteiger partial charge in [0, 0.05) is 43.1 Å². The summed E-state index contributed by atoms with van der Waals surface area (Å²) in [5.74, 6) is 0. The second-order valence-electron chi connectivity index (χ2n) is 18.3. The van der Waals surface area contributed by atoms with Crippen LogP contribution in [0.25, 0.3) is 91.6 Å². The van der Waals surface area contributed by atoms with Crippen molar-refractivity contribution < 1.29 is 0 Å². The second kappa shape index (κ2) is 15.1. The molecule has 2 heterocycles. The Labute approximate surface area is 388 Å². The number of nitrogens with zero attached hydrogens (tertiary/aromatic N) is 1. The standard InChI is InChI=1S/C63H44N2S/c1-63(2)54-24-10-9-20-50(54)51-35-34-44(37-55(51)63)56-25-13-26-57(65-62(64-56)45-33-28-39-14-3-4-16-43(39)36-45)53-38-59-61(52-21-8-7-19-49(52)53)60-48(23-12-27-58(60)66-59)42-31-29-41(30-32-42)47-22-11-17-40-15-5-6-18-46(40)47/h3-24,27-38,62,64H,26H2,1-2H3. The van der Waals surface area contributed by atoms with E-state index in [0.29, 0.717) is 6.42 Å². The van der Waals surface area contributed by atoms with Gasteiger partial charge < -0.3 is 5.32 Å². The molecule has 1 N–H and O–H groups in total. The van der Waals surface area contributed by atoms with Crippen LogP contribution in [-0.4, -0.2) is 5.71 Å². The summed E-state index contributed by atoms with van der Waals surface area (Å²) in [5.41, 5.74) is 19.4. The molecule has 13 rings (SSSR count). The third kappa shape index (κ3) is 6.20. The van der Waals surface area contributed by atoms with E-state index in [2.05, 4.69) is 231 Å². The van der Waals surface area contributed by atoms with E-state index in [-0.39, 0.29) is 11.6 Å². The molecule has 1 aliphatic carbocycles. The molecule has 2 aliphatic rings. The smallest absolute Gasteiger partial charge is 0.145 e. The molecule has 0 saturated carbocycles. The maximum atomic E-state index is 5.74. The fourth-order valence-electron chi connectivity index (χ4n) is 10.9. The van der Waals surface area contributed by atoms with Crippen LogP contribution in [0, 0.1) is 0 Å². The Bertz CT molecular complexity index is 3890. The van der Waals surface area contributed by atoms with Gasteiger partial charge >= 0.3 is 0 Å². The largest absolute Gasteiger partial charge is 0.353 e. The van der Waals surface area contributed by atoms with Gasteiger partial charge in [0.25, 0.3) is 0 Å². The molecule has 1 aliphatic heterocycles. The second-order valence-corrected chi connectivity index (χ2v) is 19.4. The summed E-state index contributed by atoms with van der Waals surface area (Å²) >= 11 is 1.87. The van der Waals surface area contributed by atoms with Crippen molar-refractivity contribution in [1.82, 2.24) is 5.32 Å². The molecule has 1 aromatic heterocycles. The zero-order valence-electron chi connectivity index (χ0n) is 36.8. The fraction of sp³-hybridized carbons (Fsp3) is 0.0794. The number of thiophene rings is 1. The fourth-order valence-corrected chi connectivity index (χ4v) is 12.1. The van der Waals surface area contributed by atoms with Gasteiger partial charge in [-0.15, -0.1) is 11.3 Å². The Kier molecular flexibility index (Phi) is 8.86. The molecule has 0 amide bonds. The topological polar surface area (TPSA) is 24.4 Å². The van der Waals surface area contributed by atoms with Gasteiger partial charge in [0.2, 0.25) is 0 Å². The highest BCUT2D eigenvalue weighted by Crippen LogP contribution is 2.50. The molecule has 312 valence electrons. The summed E-state index contributed by atoms with van der Waals surface area (Å²) in [6, 6.07) is 73.6. The Morgan fingerprint density at radius 3 is 2.00 bits per heavy atom. The minimum Gasteiger partial charge on any atom is -0.353 e. The summed E-state index contributed by atoms with van der Waals surface area (Å²) in [5, 5.41) is 14.0. The van der Waals surface area contributed by atoms with E-state index in [1.165, 1.54) is 97.0 Å². The zero-order chi connectivity index (χ0) is 43.9. The average Bonchev–Trinajstić information content (AvgIpc) is 3.85. The first-order chi connectivity index (χ1) is 32.5. The van der Waals surface area contributed by atoms with Crippen molar-refractivity contribution in [1.29, 1.82) is 0 Å². The molecular formula is C63H44N2S. The maximum Gasteiger partial charge on any atom is 0.145 e. The van der Waals surface area contributed by atoms with Crippen molar-refractivity contribution in [3.63, 3.8) is 0 Å². The molecule has 0 saturated heterocycles. The molecule has 1 atom stereocenters. The highest BCUT2D eigenvalue weighted by atomic mass is 32.1. The molecule has 0 bridgehead atoms. The molecule has 2 nitrogen and oxygen atoms in total. The lowest BCUT2D eigenvalue weighted by Crippen LogP contribution is -2.22. The van der Waals surface area contributed by atoms with E-state index in [1.807, 2.05) is 11.3 Å². The van der Waals surface area contributed by atoms with Gasteiger partial charge in [0.15, 0.2) is 0 Å². The quantitative estimate of drug-likeness (QED) is 0.171. The van der Waals surface area contributed by atoms with E-state index in [1.54, 1.807) is 0 Å². The molecule has 0 radical (unpaired) electrons. The Morgan fingerprint density at radius 1 is 0.485 bits per heavy atom. The van der Waals surface area contributed by atoms with E-state index >= 15 is 0 Å². The van der Waals surface area contributed by atoms with Crippen molar-refractivity contribution in [2.24, 2.45) is 4.99 Å². The number of nitrogens with one attached hydrogen (secondary N) is 1. The van der Waals surface area contributed by atoms with Gasteiger partial charge in [0.1, 0.15) is 6.17 Å². The van der Waals surface area contributed by atoms with Crippen LogP contribution in [0.15, 0.2) is 217 Å². The van der Waals surface area contributed by atoms with E-state index < -0.39 is 0 Å². The van der Waals surface area contributed by atoms with Crippen LogP contribution in [0.2, 0.25) is 0 Å². The van der Waals surface area contributed by atoms with E-state index in [9.17, 15) is 0 Å². The Balaban J connectivity index is 0.944. The highest BCUT2D eigenvalue weighted by Gasteiger charge is 2.35. The first kappa shape index (κ1) is 38.6. The van der Waals surface area contributed by atoms with Crippen molar-refractivity contribution in [2.45, 2.75) is 31.8 Å². The Hall–Kier alpha value is -7.81. The molecule has 66 heavy (non-hydrogen) atoms. The molecule has 10 aromatic carbocycles. The lowest BCUT2D eigenvalue weighted by molar-refractivity contribution is 0.657.